The Kier molecular flexibility index (Phi) is 3.75. The summed E-state index contributed by atoms with van der Waals surface area (Å²) in [5.41, 5.74) is 0.107. The average Bonchev–Trinajstić information content (AvgIpc) is 2.48. The normalized spacial score (nSPS) is 12.1. The quantitative estimate of drug-likeness (QED) is 0.867. The number of anilines is 1. The van der Waals surface area contributed by atoms with Gasteiger partial charge in [-0.3, -0.25) is 0 Å². The number of hydrogen-bond donors (Lipinski definition) is 1. The smallest absolute Gasteiger partial charge is 0.185 e. The number of nitrogens with zero attached hydrogens (tertiary/aromatic N) is 2. The molecular weight excluding hydrogens is 218 g/mol. The summed E-state index contributed by atoms with van der Waals surface area (Å²) in [6.45, 7) is 5.20. The maximum Gasteiger partial charge on any atom is 0.185 e. The molecule has 0 aliphatic rings. The van der Waals surface area contributed by atoms with Gasteiger partial charge in [0, 0.05) is 17.5 Å². The molecule has 0 saturated carbocycles. The highest BCUT2D eigenvalue weighted by Gasteiger charge is 2.20. The van der Waals surface area contributed by atoms with Gasteiger partial charge >= 0.3 is 0 Å². The summed E-state index contributed by atoms with van der Waals surface area (Å²) in [4.78, 5) is 6.30. The lowest BCUT2D eigenvalue weighted by Gasteiger charge is -2.32. The number of likely N-dealkylation sites (N-methyl/N-ethyl adjacent to an activating group) is 1. The highest BCUT2D eigenvalue weighted by atomic mass is 35.5. The minimum Gasteiger partial charge on any atom is -0.367 e. The Bertz CT molecular complexity index is 296. The van der Waals surface area contributed by atoms with Crippen molar-refractivity contribution in [2.75, 3.05) is 26.0 Å². The fraction of sp³-hybridized carbons (Fsp3) is 0.667. The van der Waals surface area contributed by atoms with E-state index in [0.29, 0.717) is 4.47 Å². The zero-order valence-corrected chi connectivity index (χ0v) is 10.5. The monoisotopic (exact) mass is 233 g/mol. The molecule has 0 atom stereocenters. The summed E-state index contributed by atoms with van der Waals surface area (Å²) >= 11 is 7.17. The molecule has 0 fully saturated rings. The minimum absolute atomic E-state index is 0.107. The van der Waals surface area contributed by atoms with Gasteiger partial charge in [0.05, 0.1) is 0 Å². The van der Waals surface area contributed by atoms with Crippen LogP contribution in [0.25, 0.3) is 0 Å². The van der Waals surface area contributed by atoms with E-state index in [4.69, 9.17) is 11.6 Å². The number of hydrogen-bond acceptors (Lipinski definition) is 4. The van der Waals surface area contributed by atoms with Crippen molar-refractivity contribution in [3.8, 4) is 0 Å². The van der Waals surface area contributed by atoms with Crippen LogP contribution in [-0.4, -0.2) is 36.1 Å². The van der Waals surface area contributed by atoms with Crippen LogP contribution in [0.1, 0.15) is 13.8 Å². The van der Waals surface area contributed by atoms with Crippen LogP contribution in [0.2, 0.25) is 4.47 Å². The van der Waals surface area contributed by atoms with Crippen molar-refractivity contribution in [1.82, 2.24) is 9.88 Å². The van der Waals surface area contributed by atoms with Gasteiger partial charge in [0.15, 0.2) is 4.47 Å². The summed E-state index contributed by atoms with van der Waals surface area (Å²) in [6.07, 6.45) is 0. The maximum atomic E-state index is 5.73. The third-order valence-electron chi connectivity index (χ3n) is 2.39. The highest BCUT2D eigenvalue weighted by Crippen LogP contribution is 2.19. The lowest BCUT2D eigenvalue weighted by molar-refractivity contribution is 0.210. The van der Waals surface area contributed by atoms with Crippen molar-refractivity contribution in [2.24, 2.45) is 0 Å². The standard InChI is InChI=1S/C9H16ClN3S/c1-9(2,13(3)4)6-11-7-5-14-8(10)12-7/h5,11H,6H2,1-4H3. The van der Waals surface area contributed by atoms with Gasteiger partial charge in [0.1, 0.15) is 5.82 Å². The molecule has 1 aromatic rings. The van der Waals surface area contributed by atoms with Crippen LogP contribution in [-0.2, 0) is 0 Å². The molecule has 5 heteroatoms. The Morgan fingerprint density at radius 2 is 2.21 bits per heavy atom. The minimum atomic E-state index is 0.107. The molecule has 0 aliphatic heterocycles. The molecule has 0 unspecified atom stereocenters. The summed E-state index contributed by atoms with van der Waals surface area (Å²) in [5, 5.41) is 5.18. The van der Waals surface area contributed by atoms with Crippen LogP contribution in [0.3, 0.4) is 0 Å². The first kappa shape index (κ1) is 11.8. The number of nitrogens with one attached hydrogen (secondary N) is 1. The fourth-order valence-corrected chi connectivity index (χ4v) is 1.52. The van der Waals surface area contributed by atoms with Crippen molar-refractivity contribution in [3.63, 3.8) is 0 Å². The van der Waals surface area contributed by atoms with Gasteiger partial charge in [0.2, 0.25) is 0 Å². The Labute approximate surface area is 94.1 Å². The molecule has 3 nitrogen and oxygen atoms in total. The molecule has 0 saturated heterocycles. The van der Waals surface area contributed by atoms with Crippen LogP contribution in [0.15, 0.2) is 5.38 Å². The van der Waals surface area contributed by atoms with Gasteiger partial charge in [-0.1, -0.05) is 11.6 Å². The summed E-state index contributed by atoms with van der Waals surface area (Å²) < 4.78 is 0.579. The van der Waals surface area contributed by atoms with E-state index in [1.807, 2.05) is 5.38 Å². The Balaban J connectivity index is 2.48. The molecule has 0 aromatic carbocycles. The van der Waals surface area contributed by atoms with E-state index in [2.05, 4.69) is 43.1 Å². The molecule has 1 rings (SSSR count). The van der Waals surface area contributed by atoms with Crippen LogP contribution in [0.5, 0.6) is 0 Å². The first-order valence-electron chi connectivity index (χ1n) is 4.44. The highest BCUT2D eigenvalue weighted by molar-refractivity contribution is 7.14. The summed E-state index contributed by atoms with van der Waals surface area (Å²) in [6, 6.07) is 0. The zero-order valence-electron chi connectivity index (χ0n) is 8.97. The van der Waals surface area contributed by atoms with E-state index in [9.17, 15) is 0 Å². The SMILES string of the molecule is CN(C)C(C)(C)CNc1csc(Cl)n1. The van der Waals surface area contributed by atoms with E-state index in [1.54, 1.807) is 0 Å². The van der Waals surface area contributed by atoms with Crippen LogP contribution in [0.4, 0.5) is 5.82 Å². The second-order valence-electron chi connectivity index (χ2n) is 4.05. The second-order valence-corrected chi connectivity index (χ2v) is 5.49. The van der Waals surface area contributed by atoms with Gasteiger partial charge < -0.3 is 10.2 Å². The number of halogens is 1. The number of rotatable bonds is 4. The Hall–Kier alpha value is -0.320. The third kappa shape index (κ3) is 3.12. The first-order chi connectivity index (χ1) is 6.42. The van der Waals surface area contributed by atoms with E-state index in [0.717, 1.165) is 12.4 Å². The third-order valence-corrected chi connectivity index (χ3v) is 3.37. The topological polar surface area (TPSA) is 28.2 Å². The molecule has 0 bridgehead atoms. The largest absolute Gasteiger partial charge is 0.367 e. The van der Waals surface area contributed by atoms with Gasteiger partial charge in [-0.25, -0.2) is 4.98 Å². The molecule has 1 aromatic heterocycles. The lowest BCUT2D eigenvalue weighted by Crippen LogP contribution is -2.44. The van der Waals surface area contributed by atoms with Crippen molar-refractivity contribution in [2.45, 2.75) is 19.4 Å². The maximum absolute atomic E-state index is 5.73. The summed E-state index contributed by atoms with van der Waals surface area (Å²) in [5.74, 6) is 0.856. The van der Waals surface area contributed by atoms with Crippen molar-refractivity contribution < 1.29 is 0 Å². The van der Waals surface area contributed by atoms with Crippen molar-refractivity contribution in [1.29, 1.82) is 0 Å². The lowest BCUT2D eigenvalue weighted by atomic mass is 10.0. The van der Waals surface area contributed by atoms with Crippen LogP contribution >= 0.6 is 22.9 Å². The molecule has 80 valence electrons. The molecule has 0 amide bonds. The second kappa shape index (κ2) is 4.47. The van der Waals surface area contributed by atoms with E-state index < -0.39 is 0 Å². The zero-order chi connectivity index (χ0) is 10.8. The van der Waals surface area contributed by atoms with Crippen LogP contribution in [0, 0.1) is 0 Å². The van der Waals surface area contributed by atoms with Gasteiger partial charge in [-0.05, 0) is 27.9 Å². The molecule has 0 radical (unpaired) electrons. The molecule has 0 spiro atoms. The van der Waals surface area contributed by atoms with Crippen molar-refractivity contribution >= 4 is 28.8 Å². The van der Waals surface area contributed by atoms with E-state index in [1.165, 1.54) is 11.3 Å². The first-order valence-corrected chi connectivity index (χ1v) is 5.70. The fourth-order valence-electron chi connectivity index (χ4n) is 0.798. The number of aromatic nitrogens is 1. The van der Waals surface area contributed by atoms with Gasteiger partial charge in [0.25, 0.3) is 0 Å². The molecule has 14 heavy (non-hydrogen) atoms. The Morgan fingerprint density at radius 3 is 2.64 bits per heavy atom. The number of thiazole rings is 1. The van der Waals surface area contributed by atoms with Gasteiger partial charge in [-0.2, -0.15) is 0 Å². The Morgan fingerprint density at radius 1 is 1.57 bits per heavy atom. The predicted octanol–water partition coefficient (Wildman–Crippen LogP) is 2.55. The van der Waals surface area contributed by atoms with E-state index in [-0.39, 0.29) is 5.54 Å². The average molecular weight is 234 g/mol. The van der Waals surface area contributed by atoms with Crippen molar-refractivity contribution in [3.05, 3.63) is 9.85 Å². The molecule has 1 heterocycles. The van der Waals surface area contributed by atoms with Gasteiger partial charge in [-0.15, -0.1) is 11.3 Å². The van der Waals surface area contributed by atoms with Crippen LogP contribution < -0.4 is 5.32 Å². The molecule has 0 aliphatic carbocycles. The molecule has 1 N–H and O–H groups in total. The molecular formula is C9H16ClN3S. The predicted molar refractivity (Wildman–Crippen MR) is 63.4 cm³/mol. The summed E-state index contributed by atoms with van der Waals surface area (Å²) in [7, 11) is 4.13. The van der Waals surface area contributed by atoms with E-state index >= 15 is 0 Å².